The summed E-state index contributed by atoms with van der Waals surface area (Å²) in [7, 11) is 0. The molecule has 2 aliphatic heterocycles. The number of carbonyl (C=O) groups excluding carboxylic acids is 2. The molecule has 2 amide bonds. The Morgan fingerprint density at radius 1 is 1.31 bits per heavy atom. The van der Waals surface area contributed by atoms with E-state index < -0.39 is 0 Å². The van der Waals surface area contributed by atoms with Gasteiger partial charge in [0.2, 0.25) is 11.8 Å². The van der Waals surface area contributed by atoms with Gasteiger partial charge in [-0.3, -0.25) is 4.79 Å². The van der Waals surface area contributed by atoms with Crippen LogP contribution in [0.5, 0.6) is 0 Å². The molecule has 0 unspecified atom stereocenters. The van der Waals surface area contributed by atoms with E-state index in [1.165, 1.54) is 12.8 Å². The minimum Gasteiger partial charge on any atom is -0.450 e. The normalized spacial score (nSPS) is 27.8. The summed E-state index contributed by atoms with van der Waals surface area (Å²) in [5, 5.41) is 0. The molecular weight excluding hydrogens is 372 g/mol. The monoisotopic (exact) mass is 404 g/mol. The molecule has 3 heterocycles. The van der Waals surface area contributed by atoms with Crippen LogP contribution in [0.3, 0.4) is 0 Å². The number of hydrogen-bond donors (Lipinski definition) is 0. The summed E-state index contributed by atoms with van der Waals surface area (Å²) in [6.07, 6.45) is 8.40. The predicted octanol–water partition coefficient (Wildman–Crippen LogP) is 2.50. The minimum absolute atomic E-state index is 0.0780. The first kappa shape index (κ1) is 20.2. The molecule has 3 aliphatic rings. The molecule has 0 radical (unpaired) electrons. The highest BCUT2D eigenvalue weighted by Crippen LogP contribution is 2.50. The van der Waals surface area contributed by atoms with E-state index in [1.807, 2.05) is 16.7 Å². The van der Waals surface area contributed by atoms with Crippen LogP contribution in [0.2, 0.25) is 0 Å². The van der Waals surface area contributed by atoms with E-state index in [0.717, 1.165) is 45.4 Å². The van der Waals surface area contributed by atoms with Gasteiger partial charge in [-0.05, 0) is 44.4 Å². The highest BCUT2D eigenvalue weighted by molar-refractivity contribution is 5.73. The molecule has 1 aromatic heterocycles. The van der Waals surface area contributed by atoms with Gasteiger partial charge >= 0.3 is 6.09 Å². The van der Waals surface area contributed by atoms with Crippen molar-refractivity contribution in [3.8, 4) is 0 Å². The molecule has 0 N–H and O–H groups in total. The Hall–Kier alpha value is -2.09. The van der Waals surface area contributed by atoms with Crippen LogP contribution in [0.4, 0.5) is 4.79 Å². The van der Waals surface area contributed by atoms with Gasteiger partial charge in [-0.2, -0.15) is 0 Å². The molecule has 8 nitrogen and oxygen atoms in total. The molecule has 0 aromatic carbocycles. The molecule has 1 spiro atoms. The van der Waals surface area contributed by atoms with Crippen LogP contribution in [0.25, 0.3) is 0 Å². The Morgan fingerprint density at radius 2 is 2.07 bits per heavy atom. The van der Waals surface area contributed by atoms with E-state index in [4.69, 9.17) is 9.15 Å². The lowest BCUT2D eigenvalue weighted by molar-refractivity contribution is -0.133. The summed E-state index contributed by atoms with van der Waals surface area (Å²) < 4.78 is 10.5. The van der Waals surface area contributed by atoms with Crippen molar-refractivity contribution < 1.29 is 18.7 Å². The van der Waals surface area contributed by atoms with Crippen molar-refractivity contribution in [2.75, 3.05) is 32.8 Å². The van der Waals surface area contributed by atoms with Crippen LogP contribution >= 0.6 is 0 Å². The zero-order valence-electron chi connectivity index (χ0n) is 17.5. The van der Waals surface area contributed by atoms with E-state index in [1.54, 1.807) is 19.4 Å². The summed E-state index contributed by atoms with van der Waals surface area (Å²) in [4.78, 5) is 34.6. The third-order valence-corrected chi connectivity index (χ3v) is 6.95. The number of nitrogens with zero attached hydrogens (tertiary/aromatic N) is 4. The van der Waals surface area contributed by atoms with E-state index in [-0.39, 0.29) is 18.0 Å². The van der Waals surface area contributed by atoms with Crippen LogP contribution in [0, 0.1) is 5.41 Å². The van der Waals surface area contributed by atoms with Gasteiger partial charge in [0.05, 0.1) is 19.3 Å². The minimum atomic E-state index is -0.163. The second-order valence-electron chi connectivity index (χ2n) is 8.77. The largest absolute Gasteiger partial charge is 0.450 e. The van der Waals surface area contributed by atoms with Crippen molar-refractivity contribution in [3.05, 3.63) is 18.4 Å². The number of amides is 2. The smallest absolute Gasteiger partial charge is 0.409 e. The fourth-order valence-corrected chi connectivity index (χ4v) is 5.37. The van der Waals surface area contributed by atoms with Gasteiger partial charge in [-0.15, -0.1) is 0 Å². The van der Waals surface area contributed by atoms with Gasteiger partial charge in [0.1, 0.15) is 6.26 Å². The number of carbonyl (C=O) groups is 2. The first-order chi connectivity index (χ1) is 14.0. The second-order valence-corrected chi connectivity index (χ2v) is 8.77. The van der Waals surface area contributed by atoms with Crippen LogP contribution < -0.4 is 0 Å². The van der Waals surface area contributed by atoms with Gasteiger partial charge < -0.3 is 23.9 Å². The number of hydrogen-bond acceptors (Lipinski definition) is 6. The molecule has 0 bridgehead atoms. The molecular formula is C21H32N4O4. The van der Waals surface area contributed by atoms with Crippen LogP contribution in [-0.4, -0.2) is 76.6 Å². The number of rotatable bonds is 5. The highest BCUT2D eigenvalue weighted by atomic mass is 16.6. The lowest BCUT2D eigenvalue weighted by Gasteiger charge is -2.52. The quantitative estimate of drug-likeness (QED) is 0.750. The summed E-state index contributed by atoms with van der Waals surface area (Å²) in [5.41, 5.74) is 0.296. The maximum atomic E-state index is 12.2. The highest BCUT2D eigenvalue weighted by Gasteiger charge is 2.51. The Balaban J connectivity index is 1.25. The summed E-state index contributed by atoms with van der Waals surface area (Å²) in [6.45, 7) is 8.06. The third kappa shape index (κ3) is 4.27. The van der Waals surface area contributed by atoms with E-state index >= 15 is 0 Å². The van der Waals surface area contributed by atoms with E-state index in [2.05, 4.69) is 9.88 Å². The molecule has 3 fully saturated rings. The van der Waals surface area contributed by atoms with Crippen LogP contribution in [-0.2, 0) is 16.1 Å². The number of piperidine rings is 1. The van der Waals surface area contributed by atoms with Crippen LogP contribution in [0.15, 0.2) is 16.9 Å². The molecule has 0 atom stereocenters. The van der Waals surface area contributed by atoms with E-state index in [0.29, 0.717) is 30.5 Å². The van der Waals surface area contributed by atoms with Crippen molar-refractivity contribution in [1.82, 2.24) is 19.7 Å². The van der Waals surface area contributed by atoms with Gasteiger partial charge in [-0.25, -0.2) is 9.78 Å². The average Bonchev–Trinajstić information content (AvgIpc) is 3.35. The molecule has 29 heavy (non-hydrogen) atoms. The number of ether oxygens (including phenoxy) is 1. The van der Waals surface area contributed by atoms with Crippen molar-refractivity contribution in [2.24, 2.45) is 5.41 Å². The van der Waals surface area contributed by atoms with Gasteiger partial charge in [-0.1, -0.05) is 0 Å². The first-order valence-corrected chi connectivity index (χ1v) is 10.8. The first-order valence-electron chi connectivity index (χ1n) is 10.8. The van der Waals surface area contributed by atoms with Gasteiger partial charge in [0, 0.05) is 45.2 Å². The zero-order valence-corrected chi connectivity index (χ0v) is 17.5. The van der Waals surface area contributed by atoms with Gasteiger partial charge in [0.15, 0.2) is 0 Å². The zero-order chi connectivity index (χ0) is 20.4. The summed E-state index contributed by atoms with van der Waals surface area (Å²) >= 11 is 0. The van der Waals surface area contributed by atoms with Crippen molar-refractivity contribution in [2.45, 2.75) is 64.6 Å². The lowest BCUT2D eigenvalue weighted by atomic mass is 9.64. The molecule has 2 saturated heterocycles. The van der Waals surface area contributed by atoms with Crippen molar-refractivity contribution in [3.63, 3.8) is 0 Å². The number of aromatic nitrogens is 1. The Bertz CT molecular complexity index is 708. The summed E-state index contributed by atoms with van der Waals surface area (Å²) in [5.74, 6) is 0.671. The summed E-state index contributed by atoms with van der Waals surface area (Å²) in [6, 6.07) is 0.853. The maximum absolute atomic E-state index is 12.2. The maximum Gasteiger partial charge on any atom is 0.409 e. The van der Waals surface area contributed by atoms with Crippen molar-refractivity contribution in [1.29, 1.82) is 0 Å². The number of oxazole rings is 1. The third-order valence-electron chi connectivity index (χ3n) is 6.95. The van der Waals surface area contributed by atoms with Crippen LogP contribution in [0.1, 0.15) is 51.8 Å². The standard InChI is InChI=1S/C21H32N4O4/c1-3-28-20(27)24-10-6-21(15-24)12-18(13-21)23-8-4-17(5-9-23)25(16(2)26)14-19-22-7-11-29-19/h7,11,17-18H,3-6,8-10,12-15H2,1-2H3. The van der Waals surface area contributed by atoms with Gasteiger partial charge in [0.25, 0.3) is 0 Å². The molecule has 8 heteroatoms. The molecule has 160 valence electrons. The number of likely N-dealkylation sites (tertiary alicyclic amines) is 2. The lowest BCUT2D eigenvalue weighted by Crippen LogP contribution is -2.56. The Kier molecular flexibility index (Phi) is 5.81. The SMILES string of the molecule is CCOC(=O)N1CCC2(CC(N3CCC(N(Cc4ncco4)C(C)=O)CC3)C2)C1. The fourth-order valence-electron chi connectivity index (χ4n) is 5.37. The molecule has 1 saturated carbocycles. The molecule has 1 aliphatic carbocycles. The molecule has 4 rings (SSSR count). The van der Waals surface area contributed by atoms with E-state index in [9.17, 15) is 9.59 Å². The predicted molar refractivity (Wildman–Crippen MR) is 106 cm³/mol. The Labute approximate surface area is 172 Å². The topological polar surface area (TPSA) is 79.1 Å². The average molecular weight is 405 g/mol. The second kappa shape index (κ2) is 8.34. The Morgan fingerprint density at radius 3 is 2.69 bits per heavy atom. The van der Waals surface area contributed by atoms with Crippen molar-refractivity contribution >= 4 is 12.0 Å². The molecule has 1 aromatic rings. The fraction of sp³-hybridized carbons (Fsp3) is 0.762.